The van der Waals surface area contributed by atoms with Gasteiger partial charge in [-0.1, -0.05) is 0 Å². The molecule has 1 atom stereocenters. The molecule has 0 bridgehead atoms. The Labute approximate surface area is 134 Å². The van der Waals surface area contributed by atoms with Crippen molar-refractivity contribution in [3.8, 4) is 0 Å². The van der Waals surface area contributed by atoms with E-state index < -0.39 is 11.7 Å². The van der Waals surface area contributed by atoms with E-state index in [2.05, 4.69) is 4.98 Å². The maximum absolute atomic E-state index is 12.7. The van der Waals surface area contributed by atoms with Crippen LogP contribution in [0, 0.1) is 0 Å². The molecule has 2 aromatic heterocycles. The van der Waals surface area contributed by atoms with Crippen LogP contribution in [0.5, 0.6) is 0 Å². The summed E-state index contributed by atoms with van der Waals surface area (Å²) < 4.78 is 7.75. The number of aliphatic hydroxyl groups is 1. The first kappa shape index (κ1) is 14.7. The summed E-state index contributed by atoms with van der Waals surface area (Å²) in [7, 11) is 0. The minimum absolute atomic E-state index is 0.0285. The number of carbonyl (C=O) groups is 1. The lowest BCUT2D eigenvalue weighted by Crippen LogP contribution is -2.56. The van der Waals surface area contributed by atoms with Crippen LogP contribution in [-0.2, 0) is 4.74 Å². The molecule has 2 fully saturated rings. The summed E-state index contributed by atoms with van der Waals surface area (Å²) in [5, 5.41) is 10.3. The van der Waals surface area contributed by atoms with E-state index in [0.717, 1.165) is 18.5 Å². The van der Waals surface area contributed by atoms with E-state index in [9.17, 15) is 9.90 Å². The van der Waals surface area contributed by atoms with Gasteiger partial charge in [-0.2, -0.15) is 0 Å². The van der Waals surface area contributed by atoms with Crippen molar-refractivity contribution in [3.63, 3.8) is 0 Å². The van der Waals surface area contributed by atoms with Gasteiger partial charge in [0.1, 0.15) is 5.65 Å². The maximum Gasteiger partial charge on any atom is 0.255 e. The fourth-order valence-corrected chi connectivity index (χ4v) is 3.71. The molecule has 4 heterocycles. The van der Waals surface area contributed by atoms with Gasteiger partial charge < -0.3 is 19.1 Å². The number of piperidine rings is 1. The molecule has 4 rings (SSSR count). The standard InChI is InChI=1S/C17H21N3O3/c21-14-2-1-11-23-17(14)5-8-19(9-6-17)16(22)13-3-4-15-18-7-10-20(15)12-13/h3-4,7,10,12,14,21H,1-2,5-6,8-9,11H2/t14-/m1/s1. The van der Waals surface area contributed by atoms with Gasteiger partial charge in [-0.15, -0.1) is 0 Å². The van der Waals surface area contributed by atoms with Crippen LogP contribution in [-0.4, -0.2) is 56.7 Å². The van der Waals surface area contributed by atoms with E-state index in [0.29, 0.717) is 38.1 Å². The quantitative estimate of drug-likeness (QED) is 0.865. The topological polar surface area (TPSA) is 67.1 Å². The largest absolute Gasteiger partial charge is 0.390 e. The molecule has 1 N–H and O–H groups in total. The van der Waals surface area contributed by atoms with Gasteiger partial charge in [-0.05, 0) is 37.8 Å². The minimum Gasteiger partial charge on any atom is -0.390 e. The van der Waals surface area contributed by atoms with Gasteiger partial charge in [0.05, 0.1) is 17.3 Å². The number of pyridine rings is 1. The van der Waals surface area contributed by atoms with Gasteiger partial charge in [-0.3, -0.25) is 4.79 Å². The molecule has 2 aromatic rings. The number of imidazole rings is 1. The molecule has 1 amide bonds. The normalized spacial score (nSPS) is 24.2. The highest BCUT2D eigenvalue weighted by atomic mass is 16.5. The van der Waals surface area contributed by atoms with E-state index in [1.165, 1.54) is 0 Å². The molecule has 0 aliphatic carbocycles. The molecule has 122 valence electrons. The number of amides is 1. The third-order valence-corrected chi connectivity index (χ3v) is 5.15. The zero-order valence-electron chi connectivity index (χ0n) is 13.0. The fraction of sp³-hybridized carbons (Fsp3) is 0.529. The molecular weight excluding hydrogens is 294 g/mol. The average molecular weight is 315 g/mol. The molecule has 2 saturated heterocycles. The number of fused-ring (bicyclic) bond motifs is 1. The number of nitrogens with zero attached hydrogens (tertiary/aromatic N) is 3. The summed E-state index contributed by atoms with van der Waals surface area (Å²) >= 11 is 0. The number of aromatic nitrogens is 2. The van der Waals surface area contributed by atoms with Crippen LogP contribution in [0.1, 0.15) is 36.0 Å². The van der Waals surface area contributed by atoms with Crippen LogP contribution < -0.4 is 0 Å². The Kier molecular flexibility index (Phi) is 3.58. The van der Waals surface area contributed by atoms with E-state index in [4.69, 9.17) is 4.74 Å². The smallest absolute Gasteiger partial charge is 0.255 e. The Morgan fingerprint density at radius 2 is 2.17 bits per heavy atom. The van der Waals surface area contributed by atoms with Gasteiger partial charge in [0.2, 0.25) is 0 Å². The van der Waals surface area contributed by atoms with Gasteiger partial charge in [0.25, 0.3) is 5.91 Å². The lowest BCUT2D eigenvalue weighted by Gasteiger charge is -2.46. The molecule has 1 spiro atoms. The SMILES string of the molecule is O=C(c1ccc2nccn2c1)N1CCC2(CC1)OCCC[C@H]2O. The van der Waals surface area contributed by atoms with Crippen molar-refractivity contribution in [3.05, 3.63) is 36.3 Å². The highest BCUT2D eigenvalue weighted by molar-refractivity contribution is 5.94. The minimum atomic E-state index is -0.441. The Morgan fingerprint density at radius 3 is 2.96 bits per heavy atom. The third-order valence-electron chi connectivity index (χ3n) is 5.15. The summed E-state index contributed by atoms with van der Waals surface area (Å²) in [6.45, 7) is 1.96. The lowest BCUT2D eigenvalue weighted by molar-refractivity contribution is -0.174. The number of carbonyl (C=O) groups excluding carboxylic acids is 1. The monoisotopic (exact) mass is 315 g/mol. The molecule has 0 radical (unpaired) electrons. The van der Waals surface area contributed by atoms with E-state index in [1.807, 2.05) is 33.8 Å². The van der Waals surface area contributed by atoms with Crippen LogP contribution in [0.4, 0.5) is 0 Å². The van der Waals surface area contributed by atoms with Crippen LogP contribution in [0.2, 0.25) is 0 Å². The lowest BCUT2D eigenvalue weighted by atomic mass is 9.82. The molecule has 6 nitrogen and oxygen atoms in total. The Bertz CT molecular complexity index is 719. The van der Waals surface area contributed by atoms with Crippen LogP contribution in [0.15, 0.2) is 30.7 Å². The molecule has 0 unspecified atom stereocenters. The Balaban J connectivity index is 1.48. The number of rotatable bonds is 1. The highest BCUT2D eigenvalue weighted by Gasteiger charge is 2.44. The summed E-state index contributed by atoms with van der Waals surface area (Å²) in [5.74, 6) is 0.0285. The molecule has 2 aliphatic heterocycles. The Morgan fingerprint density at radius 1 is 1.35 bits per heavy atom. The fourth-order valence-electron chi connectivity index (χ4n) is 3.71. The molecule has 23 heavy (non-hydrogen) atoms. The van der Waals surface area contributed by atoms with Crippen molar-refractivity contribution in [1.82, 2.24) is 14.3 Å². The second-order valence-corrected chi connectivity index (χ2v) is 6.47. The van der Waals surface area contributed by atoms with Crippen molar-refractivity contribution in [2.45, 2.75) is 37.4 Å². The summed E-state index contributed by atoms with van der Waals surface area (Å²) in [5.41, 5.74) is 1.05. The van der Waals surface area contributed by atoms with Gasteiger partial charge in [0, 0.05) is 38.3 Å². The molecule has 0 aromatic carbocycles. The molecule has 6 heteroatoms. The number of likely N-dealkylation sites (tertiary alicyclic amines) is 1. The van der Waals surface area contributed by atoms with E-state index in [-0.39, 0.29) is 5.91 Å². The Hall–Kier alpha value is -1.92. The van der Waals surface area contributed by atoms with Crippen LogP contribution in [0.3, 0.4) is 0 Å². The van der Waals surface area contributed by atoms with Gasteiger partial charge in [-0.25, -0.2) is 4.98 Å². The van der Waals surface area contributed by atoms with Crippen LogP contribution in [0.25, 0.3) is 5.65 Å². The van der Waals surface area contributed by atoms with Crippen LogP contribution >= 0.6 is 0 Å². The average Bonchev–Trinajstić information content (AvgIpc) is 3.05. The number of hydrogen-bond donors (Lipinski definition) is 1. The summed E-state index contributed by atoms with van der Waals surface area (Å²) in [6.07, 6.45) is 8.08. The van der Waals surface area contributed by atoms with Gasteiger partial charge in [0.15, 0.2) is 0 Å². The third kappa shape index (κ3) is 2.52. The van der Waals surface area contributed by atoms with Crippen molar-refractivity contribution >= 4 is 11.6 Å². The van der Waals surface area contributed by atoms with E-state index in [1.54, 1.807) is 6.20 Å². The van der Waals surface area contributed by atoms with Crippen molar-refractivity contribution in [2.75, 3.05) is 19.7 Å². The maximum atomic E-state index is 12.7. The predicted molar refractivity (Wildman–Crippen MR) is 84.3 cm³/mol. The second kappa shape index (κ2) is 5.62. The predicted octanol–water partition coefficient (Wildman–Crippen LogP) is 1.48. The first-order chi connectivity index (χ1) is 11.2. The zero-order chi connectivity index (χ0) is 15.9. The highest BCUT2D eigenvalue weighted by Crippen LogP contribution is 2.35. The zero-order valence-corrected chi connectivity index (χ0v) is 13.0. The van der Waals surface area contributed by atoms with E-state index >= 15 is 0 Å². The molecular formula is C17H21N3O3. The first-order valence-electron chi connectivity index (χ1n) is 8.22. The summed E-state index contributed by atoms with van der Waals surface area (Å²) in [6, 6.07) is 3.67. The van der Waals surface area contributed by atoms with Crippen molar-refractivity contribution in [2.24, 2.45) is 0 Å². The number of aliphatic hydroxyl groups excluding tert-OH is 1. The molecule has 0 saturated carbocycles. The van der Waals surface area contributed by atoms with Crippen molar-refractivity contribution in [1.29, 1.82) is 0 Å². The number of ether oxygens (including phenoxy) is 1. The van der Waals surface area contributed by atoms with Gasteiger partial charge >= 0.3 is 0 Å². The summed E-state index contributed by atoms with van der Waals surface area (Å²) in [4.78, 5) is 18.8. The van der Waals surface area contributed by atoms with Crippen molar-refractivity contribution < 1.29 is 14.6 Å². The first-order valence-corrected chi connectivity index (χ1v) is 8.22. The second-order valence-electron chi connectivity index (χ2n) is 6.47. The number of hydrogen-bond acceptors (Lipinski definition) is 4. The molecule has 2 aliphatic rings.